The summed E-state index contributed by atoms with van der Waals surface area (Å²) >= 11 is 1.49. The molecule has 1 aromatic carbocycles. The smallest absolute Gasteiger partial charge is 0.269 e. The van der Waals surface area contributed by atoms with Crippen molar-refractivity contribution in [1.82, 2.24) is 4.90 Å². The number of carbonyl (C=O) groups is 1. The first-order valence-corrected chi connectivity index (χ1v) is 7.66. The second-order valence-electron chi connectivity index (χ2n) is 5.10. The van der Waals surface area contributed by atoms with Gasteiger partial charge in [0.15, 0.2) is 0 Å². The first-order valence-electron chi connectivity index (χ1n) is 6.71. The molecule has 1 aliphatic rings. The number of thiophene rings is 1. The van der Waals surface area contributed by atoms with Crippen LogP contribution in [0.25, 0.3) is 0 Å². The van der Waals surface area contributed by atoms with Gasteiger partial charge in [0.1, 0.15) is 0 Å². The van der Waals surface area contributed by atoms with E-state index >= 15 is 0 Å². The van der Waals surface area contributed by atoms with Crippen molar-refractivity contribution < 1.29 is 9.72 Å². The zero-order valence-corrected chi connectivity index (χ0v) is 12.1. The molecule has 0 spiro atoms. The molecule has 1 saturated carbocycles. The van der Waals surface area contributed by atoms with Gasteiger partial charge in [0, 0.05) is 30.1 Å². The Labute approximate surface area is 126 Å². The lowest BCUT2D eigenvalue weighted by Crippen LogP contribution is -2.32. The van der Waals surface area contributed by atoms with E-state index in [0.717, 1.165) is 18.4 Å². The molecule has 1 amide bonds. The van der Waals surface area contributed by atoms with Crippen LogP contribution >= 0.6 is 11.3 Å². The molecule has 1 fully saturated rings. The van der Waals surface area contributed by atoms with Gasteiger partial charge in [-0.05, 0) is 29.9 Å². The van der Waals surface area contributed by atoms with Crippen LogP contribution in [0.15, 0.2) is 41.1 Å². The molecule has 0 radical (unpaired) electrons. The third-order valence-electron chi connectivity index (χ3n) is 3.49. The molecule has 6 heteroatoms. The zero-order valence-electron chi connectivity index (χ0n) is 11.3. The van der Waals surface area contributed by atoms with Gasteiger partial charge >= 0.3 is 0 Å². The first kappa shape index (κ1) is 13.8. The number of hydrogen-bond acceptors (Lipinski definition) is 4. The maximum absolute atomic E-state index is 12.5. The largest absolute Gasteiger partial charge is 0.331 e. The topological polar surface area (TPSA) is 63.5 Å². The fourth-order valence-corrected chi connectivity index (χ4v) is 2.90. The molecule has 3 rings (SSSR count). The number of benzene rings is 1. The van der Waals surface area contributed by atoms with Crippen molar-refractivity contribution in [2.45, 2.75) is 25.4 Å². The first-order chi connectivity index (χ1) is 10.1. The molecule has 0 N–H and O–H groups in total. The molecule has 5 nitrogen and oxygen atoms in total. The Morgan fingerprint density at radius 2 is 2.19 bits per heavy atom. The van der Waals surface area contributed by atoms with Gasteiger partial charge < -0.3 is 4.90 Å². The second kappa shape index (κ2) is 5.65. The van der Waals surface area contributed by atoms with E-state index in [2.05, 4.69) is 0 Å². The Kier molecular flexibility index (Phi) is 3.70. The highest BCUT2D eigenvalue weighted by Crippen LogP contribution is 2.30. The van der Waals surface area contributed by atoms with Crippen LogP contribution in [0, 0.1) is 10.1 Å². The summed E-state index contributed by atoms with van der Waals surface area (Å²) < 4.78 is 0. The van der Waals surface area contributed by atoms with Crippen molar-refractivity contribution in [1.29, 1.82) is 0 Å². The molecular weight excluding hydrogens is 288 g/mol. The van der Waals surface area contributed by atoms with Gasteiger partial charge in [0.2, 0.25) is 0 Å². The Morgan fingerprint density at radius 1 is 1.38 bits per heavy atom. The fraction of sp³-hybridized carbons (Fsp3) is 0.267. The van der Waals surface area contributed by atoms with E-state index in [1.54, 1.807) is 6.07 Å². The predicted molar refractivity (Wildman–Crippen MR) is 80.3 cm³/mol. The minimum absolute atomic E-state index is 0.00487. The molecular formula is C15H14N2O3S. The van der Waals surface area contributed by atoms with E-state index in [9.17, 15) is 14.9 Å². The van der Waals surface area contributed by atoms with Crippen molar-refractivity contribution in [3.05, 3.63) is 62.3 Å². The molecule has 1 aliphatic carbocycles. The Morgan fingerprint density at radius 3 is 2.81 bits per heavy atom. The van der Waals surface area contributed by atoms with Gasteiger partial charge in [-0.1, -0.05) is 12.1 Å². The summed E-state index contributed by atoms with van der Waals surface area (Å²) in [5.74, 6) is 0.00487. The van der Waals surface area contributed by atoms with Crippen molar-refractivity contribution in [2.75, 3.05) is 0 Å². The van der Waals surface area contributed by atoms with Crippen LogP contribution in [-0.4, -0.2) is 21.8 Å². The minimum atomic E-state index is -0.411. The van der Waals surface area contributed by atoms with E-state index in [-0.39, 0.29) is 17.6 Å². The lowest BCUT2D eigenvalue weighted by Gasteiger charge is -2.22. The van der Waals surface area contributed by atoms with Crippen LogP contribution in [0.2, 0.25) is 0 Å². The molecule has 108 valence electrons. The summed E-state index contributed by atoms with van der Waals surface area (Å²) in [6.45, 7) is 0.418. The molecule has 1 aromatic heterocycles. The van der Waals surface area contributed by atoms with Crippen molar-refractivity contribution in [3.63, 3.8) is 0 Å². The van der Waals surface area contributed by atoms with Crippen molar-refractivity contribution in [3.8, 4) is 0 Å². The van der Waals surface area contributed by atoms with E-state index in [0.29, 0.717) is 12.1 Å². The summed E-state index contributed by atoms with van der Waals surface area (Å²) in [4.78, 5) is 24.8. The summed E-state index contributed by atoms with van der Waals surface area (Å²) in [6, 6.07) is 8.56. The van der Waals surface area contributed by atoms with Gasteiger partial charge in [0.05, 0.1) is 10.5 Å². The normalized spacial score (nSPS) is 13.9. The highest BCUT2D eigenvalue weighted by Gasteiger charge is 2.33. The quantitative estimate of drug-likeness (QED) is 0.627. The standard InChI is InChI=1S/C15H14N2O3S/c18-15(12-6-7-21-10-12)16(13-4-5-13)9-11-2-1-3-14(8-11)17(19)20/h1-3,6-8,10,13H,4-5,9H2. The van der Waals surface area contributed by atoms with Crippen LogP contribution in [0.3, 0.4) is 0 Å². The number of nitrogens with zero attached hydrogens (tertiary/aromatic N) is 2. The molecule has 1 heterocycles. The fourth-order valence-electron chi connectivity index (χ4n) is 2.27. The SMILES string of the molecule is O=C(c1ccsc1)N(Cc1cccc([N+](=O)[O-])c1)C1CC1. The third-order valence-corrected chi connectivity index (χ3v) is 4.17. The average molecular weight is 302 g/mol. The molecule has 21 heavy (non-hydrogen) atoms. The number of rotatable bonds is 5. The van der Waals surface area contributed by atoms with Gasteiger partial charge in [-0.3, -0.25) is 14.9 Å². The number of hydrogen-bond donors (Lipinski definition) is 0. The van der Waals surface area contributed by atoms with Crippen LogP contribution in [0.4, 0.5) is 5.69 Å². The maximum atomic E-state index is 12.5. The van der Waals surface area contributed by atoms with Gasteiger partial charge in [0.25, 0.3) is 11.6 Å². The second-order valence-corrected chi connectivity index (χ2v) is 5.88. The summed E-state index contributed by atoms with van der Waals surface area (Å²) in [6.07, 6.45) is 2.01. The average Bonchev–Trinajstić information content (AvgIpc) is 3.18. The van der Waals surface area contributed by atoms with Crippen LogP contribution in [0.1, 0.15) is 28.8 Å². The van der Waals surface area contributed by atoms with Gasteiger partial charge in [-0.2, -0.15) is 11.3 Å². The summed E-state index contributed by atoms with van der Waals surface area (Å²) in [5, 5.41) is 14.6. The van der Waals surface area contributed by atoms with Crippen molar-refractivity contribution >= 4 is 22.9 Å². The zero-order chi connectivity index (χ0) is 14.8. The number of amides is 1. The Balaban J connectivity index is 1.81. The lowest BCUT2D eigenvalue weighted by molar-refractivity contribution is -0.384. The lowest BCUT2D eigenvalue weighted by atomic mass is 10.1. The van der Waals surface area contributed by atoms with E-state index in [4.69, 9.17) is 0 Å². The van der Waals surface area contributed by atoms with E-state index in [1.165, 1.54) is 23.5 Å². The maximum Gasteiger partial charge on any atom is 0.269 e. The summed E-state index contributed by atoms with van der Waals surface area (Å²) in [7, 11) is 0. The predicted octanol–water partition coefficient (Wildman–Crippen LogP) is 3.46. The number of nitro groups is 1. The minimum Gasteiger partial charge on any atom is -0.331 e. The highest BCUT2D eigenvalue weighted by atomic mass is 32.1. The van der Waals surface area contributed by atoms with Gasteiger partial charge in [-0.15, -0.1) is 0 Å². The number of non-ortho nitro benzene ring substituents is 1. The van der Waals surface area contributed by atoms with Crippen molar-refractivity contribution in [2.24, 2.45) is 0 Å². The molecule has 2 aromatic rings. The molecule has 0 bridgehead atoms. The molecule has 0 unspecified atom stereocenters. The molecule has 0 atom stereocenters. The van der Waals surface area contributed by atoms with Crippen LogP contribution in [-0.2, 0) is 6.54 Å². The van der Waals surface area contributed by atoms with Crippen LogP contribution < -0.4 is 0 Å². The number of carbonyl (C=O) groups excluding carboxylic acids is 1. The third kappa shape index (κ3) is 3.11. The highest BCUT2D eigenvalue weighted by molar-refractivity contribution is 7.08. The molecule has 0 saturated heterocycles. The Bertz CT molecular complexity index is 665. The van der Waals surface area contributed by atoms with Gasteiger partial charge in [-0.25, -0.2) is 0 Å². The van der Waals surface area contributed by atoms with E-state index in [1.807, 2.05) is 27.8 Å². The Hall–Kier alpha value is -2.21. The summed E-state index contributed by atoms with van der Waals surface area (Å²) in [5.41, 5.74) is 1.54. The number of nitro benzene ring substituents is 1. The monoisotopic (exact) mass is 302 g/mol. The van der Waals surface area contributed by atoms with Crippen LogP contribution in [0.5, 0.6) is 0 Å². The van der Waals surface area contributed by atoms with E-state index < -0.39 is 4.92 Å². The molecule has 0 aliphatic heterocycles.